The molecule has 0 bridgehead atoms. The van der Waals surface area contributed by atoms with Gasteiger partial charge in [0.05, 0.1) is 19.1 Å². The number of hydrogen-bond donors (Lipinski definition) is 1. The third-order valence-corrected chi connectivity index (χ3v) is 6.74. The number of ether oxygens (including phenoxy) is 1. The second-order valence-electron chi connectivity index (χ2n) is 8.70. The minimum absolute atomic E-state index is 0.105. The summed E-state index contributed by atoms with van der Waals surface area (Å²) in [5.74, 6) is -0.179. The molecule has 0 aliphatic rings. The number of sulfonamides is 1. The number of rotatable bonds is 10. The molecule has 0 saturated carbocycles. The molecule has 0 radical (unpaired) electrons. The van der Waals surface area contributed by atoms with Crippen molar-refractivity contribution in [3.8, 4) is 5.75 Å². The van der Waals surface area contributed by atoms with Gasteiger partial charge in [-0.25, -0.2) is 8.42 Å². The van der Waals surface area contributed by atoms with Crippen LogP contribution in [0.25, 0.3) is 0 Å². The molecule has 0 aromatic heterocycles. The first kappa shape index (κ1) is 27.2. The monoisotopic (exact) mass is 489 g/mol. The summed E-state index contributed by atoms with van der Waals surface area (Å²) in [6.07, 6.45) is 1.07. The van der Waals surface area contributed by atoms with Crippen LogP contribution in [0.15, 0.2) is 42.5 Å². The lowest BCUT2D eigenvalue weighted by Crippen LogP contribution is -2.52. The van der Waals surface area contributed by atoms with Crippen molar-refractivity contribution in [3.63, 3.8) is 0 Å². The van der Waals surface area contributed by atoms with Gasteiger partial charge in [0.25, 0.3) is 0 Å². The molecule has 186 valence electrons. The molecule has 2 aromatic carbocycles. The zero-order valence-corrected chi connectivity index (χ0v) is 21.8. The fourth-order valence-electron chi connectivity index (χ4n) is 3.56. The Bertz CT molecular complexity index is 1130. The van der Waals surface area contributed by atoms with Crippen LogP contribution >= 0.6 is 0 Å². The average molecular weight is 490 g/mol. The third-order valence-electron chi connectivity index (χ3n) is 5.61. The van der Waals surface area contributed by atoms with E-state index in [0.717, 1.165) is 27.3 Å². The highest BCUT2D eigenvalue weighted by Gasteiger charge is 2.31. The highest BCUT2D eigenvalue weighted by atomic mass is 32.2. The first-order valence-electron chi connectivity index (χ1n) is 11.1. The lowest BCUT2D eigenvalue weighted by molar-refractivity contribution is -0.139. The van der Waals surface area contributed by atoms with Crippen molar-refractivity contribution in [2.24, 2.45) is 0 Å². The van der Waals surface area contributed by atoms with E-state index in [-0.39, 0.29) is 18.5 Å². The number of carbonyl (C=O) groups is 2. The van der Waals surface area contributed by atoms with E-state index in [4.69, 9.17) is 4.74 Å². The number of amides is 2. The highest BCUT2D eigenvalue weighted by molar-refractivity contribution is 7.92. The predicted octanol–water partition coefficient (Wildman–Crippen LogP) is 3.02. The quantitative estimate of drug-likeness (QED) is 0.554. The topological polar surface area (TPSA) is 96.0 Å². The molecule has 0 spiro atoms. The summed E-state index contributed by atoms with van der Waals surface area (Å²) in [6, 6.07) is 11.6. The Morgan fingerprint density at radius 3 is 2.29 bits per heavy atom. The highest BCUT2D eigenvalue weighted by Crippen LogP contribution is 2.25. The maximum atomic E-state index is 13.6. The zero-order valence-electron chi connectivity index (χ0n) is 21.0. The molecule has 34 heavy (non-hydrogen) atoms. The lowest BCUT2D eigenvalue weighted by Gasteiger charge is -2.32. The van der Waals surface area contributed by atoms with E-state index in [1.165, 1.54) is 4.90 Å². The maximum absolute atomic E-state index is 13.6. The molecule has 0 aliphatic heterocycles. The number of carbonyl (C=O) groups excluding carboxylic acids is 2. The van der Waals surface area contributed by atoms with Crippen LogP contribution in [0.1, 0.15) is 37.5 Å². The van der Waals surface area contributed by atoms with Crippen LogP contribution in [0.4, 0.5) is 5.69 Å². The van der Waals surface area contributed by atoms with Gasteiger partial charge in [-0.3, -0.25) is 13.9 Å². The van der Waals surface area contributed by atoms with Gasteiger partial charge in [-0.2, -0.15) is 0 Å². The van der Waals surface area contributed by atoms with Crippen molar-refractivity contribution in [1.29, 1.82) is 0 Å². The van der Waals surface area contributed by atoms with Crippen molar-refractivity contribution >= 4 is 27.5 Å². The third kappa shape index (κ3) is 6.96. The molecule has 2 aromatic rings. The van der Waals surface area contributed by atoms with Gasteiger partial charge in [0, 0.05) is 12.6 Å². The predicted molar refractivity (Wildman–Crippen MR) is 134 cm³/mol. The standard InChI is InChI=1S/C25H35N3O5S/c1-17(2)26-25(30)20(5)27(15-21-11-9-12-22(14-21)33-6)24(29)16-28(34(7,31)32)23-13-8-10-18(3)19(23)4/h8-14,17,20H,15-16H2,1-7H3,(H,26,30)/t20-/m0/s1. The first-order chi connectivity index (χ1) is 15.8. The van der Waals surface area contributed by atoms with E-state index in [9.17, 15) is 18.0 Å². The summed E-state index contributed by atoms with van der Waals surface area (Å²) in [4.78, 5) is 27.8. The van der Waals surface area contributed by atoms with Crippen molar-refractivity contribution in [1.82, 2.24) is 10.2 Å². The van der Waals surface area contributed by atoms with Gasteiger partial charge in [-0.15, -0.1) is 0 Å². The Labute approximate surface area is 202 Å². The van der Waals surface area contributed by atoms with Crippen molar-refractivity contribution < 1.29 is 22.7 Å². The molecule has 0 aliphatic carbocycles. The van der Waals surface area contributed by atoms with Crippen molar-refractivity contribution in [2.45, 2.75) is 53.2 Å². The number of anilines is 1. The molecule has 2 amide bonds. The molecule has 0 heterocycles. The van der Waals surface area contributed by atoms with Gasteiger partial charge < -0.3 is 15.0 Å². The molecular weight excluding hydrogens is 454 g/mol. The van der Waals surface area contributed by atoms with Gasteiger partial charge in [0.15, 0.2) is 0 Å². The van der Waals surface area contributed by atoms with Crippen LogP contribution in [0.5, 0.6) is 5.75 Å². The van der Waals surface area contributed by atoms with Crippen molar-refractivity contribution in [2.75, 3.05) is 24.2 Å². The zero-order chi connectivity index (χ0) is 25.6. The summed E-state index contributed by atoms with van der Waals surface area (Å²) >= 11 is 0. The minimum Gasteiger partial charge on any atom is -0.497 e. The van der Waals surface area contributed by atoms with E-state index >= 15 is 0 Å². The Morgan fingerprint density at radius 1 is 1.06 bits per heavy atom. The molecule has 8 nitrogen and oxygen atoms in total. The number of aryl methyl sites for hydroxylation is 1. The smallest absolute Gasteiger partial charge is 0.244 e. The number of benzene rings is 2. The summed E-state index contributed by atoms with van der Waals surface area (Å²) in [7, 11) is -2.22. The molecule has 1 N–H and O–H groups in total. The second kappa shape index (κ2) is 11.4. The lowest BCUT2D eigenvalue weighted by atomic mass is 10.1. The van der Waals surface area contributed by atoms with Crippen molar-refractivity contribution in [3.05, 3.63) is 59.2 Å². The number of nitrogens with one attached hydrogen (secondary N) is 1. The average Bonchev–Trinajstić information content (AvgIpc) is 2.76. The van der Waals surface area contributed by atoms with E-state index < -0.39 is 28.5 Å². The Hall–Kier alpha value is -3.07. The fourth-order valence-corrected chi connectivity index (χ4v) is 4.46. The molecule has 0 saturated heterocycles. The maximum Gasteiger partial charge on any atom is 0.244 e. The van der Waals surface area contributed by atoms with Crippen LogP contribution in [0, 0.1) is 13.8 Å². The number of nitrogens with zero attached hydrogens (tertiary/aromatic N) is 2. The van der Waals surface area contributed by atoms with E-state index in [1.807, 2.05) is 39.8 Å². The van der Waals surface area contributed by atoms with Crippen LogP contribution in [-0.2, 0) is 26.2 Å². The normalized spacial score (nSPS) is 12.2. The van der Waals surface area contributed by atoms with Crippen LogP contribution < -0.4 is 14.4 Å². The fraction of sp³-hybridized carbons (Fsp3) is 0.440. The molecule has 1 atom stereocenters. The largest absolute Gasteiger partial charge is 0.497 e. The van der Waals surface area contributed by atoms with Gasteiger partial charge in [-0.1, -0.05) is 24.3 Å². The van der Waals surface area contributed by atoms with Crippen LogP contribution in [0.3, 0.4) is 0 Å². The van der Waals surface area contributed by atoms with Gasteiger partial charge in [-0.05, 0) is 69.5 Å². The SMILES string of the molecule is COc1cccc(CN(C(=O)CN(c2cccc(C)c2C)S(C)(=O)=O)[C@@H](C)C(=O)NC(C)C)c1. The number of methoxy groups -OCH3 is 1. The van der Waals surface area contributed by atoms with Gasteiger partial charge >= 0.3 is 0 Å². The minimum atomic E-state index is -3.77. The Balaban J connectivity index is 2.45. The summed E-state index contributed by atoms with van der Waals surface area (Å²) in [5.41, 5.74) is 2.88. The first-order valence-corrected chi connectivity index (χ1v) is 13.0. The summed E-state index contributed by atoms with van der Waals surface area (Å²) in [5, 5.41) is 2.83. The van der Waals surface area contributed by atoms with Crippen LogP contribution in [-0.4, -0.2) is 57.1 Å². The van der Waals surface area contributed by atoms with Gasteiger partial charge in [0.1, 0.15) is 18.3 Å². The van der Waals surface area contributed by atoms with E-state index in [2.05, 4.69) is 5.32 Å². The molecule has 0 fully saturated rings. The molecule has 0 unspecified atom stereocenters. The summed E-state index contributed by atoms with van der Waals surface area (Å²) < 4.78 is 31.8. The van der Waals surface area contributed by atoms with E-state index in [1.54, 1.807) is 44.4 Å². The molecular formula is C25H35N3O5S. The molecule has 9 heteroatoms. The van der Waals surface area contributed by atoms with E-state index in [0.29, 0.717) is 11.4 Å². The number of hydrogen-bond acceptors (Lipinski definition) is 5. The van der Waals surface area contributed by atoms with Crippen LogP contribution in [0.2, 0.25) is 0 Å². The summed E-state index contributed by atoms with van der Waals surface area (Å²) in [6.45, 7) is 8.71. The van der Waals surface area contributed by atoms with Gasteiger partial charge in [0.2, 0.25) is 21.8 Å². The Morgan fingerprint density at radius 2 is 1.71 bits per heavy atom. The second-order valence-corrected chi connectivity index (χ2v) is 10.6. The molecule has 2 rings (SSSR count). The Kier molecular flexibility index (Phi) is 9.09.